The molecular formula is C9H11F2NO3S. The van der Waals surface area contributed by atoms with Gasteiger partial charge < -0.3 is 15.9 Å². The van der Waals surface area contributed by atoms with Gasteiger partial charge in [-0.05, 0) is 0 Å². The van der Waals surface area contributed by atoms with Gasteiger partial charge in [0, 0.05) is 24.1 Å². The largest absolute Gasteiger partial charge is 0.508 e. The van der Waals surface area contributed by atoms with Crippen molar-refractivity contribution in [1.82, 2.24) is 0 Å². The van der Waals surface area contributed by atoms with E-state index in [9.17, 15) is 13.6 Å². The highest BCUT2D eigenvalue weighted by atomic mass is 32.1. The minimum absolute atomic E-state index is 0. The van der Waals surface area contributed by atoms with Crippen LogP contribution in [0.25, 0.3) is 0 Å². The summed E-state index contributed by atoms with van der Waals surface area (Å²) in [6, 6.07) is 0.0264. The highest BCUT2D eigenvalue weighted by Crippen LogP contribution is 2.20. The fraction of sp³-hybridized carbons (Fsp3) is 0.222. The number of carboxylic acid groups (broad SMARTS) is 1. The van der Waals surface area contributed by atoms with Gasteiger partial charge in [0.1, 0.15) is 23.4 Å². The Hall–Kier alpha value is -1.34. The van der Waals surface area contributed by atoms with Crippen LogP contribution in [-0.2, 0) is 11.2 Å². The molecular weight excluding hydrogens is 240 g/mol. The van der Waals surface area contributed by atoms with Crippen LogP contribution in [0.15, 0.2) is 12.1 Å². The van der Waals surface area contributed by atoms with Crippen LogP contribution < -0.4 is 5.73 Å². The van der Waals surface area contributed by atoms with Gasteiger partial charge >= 0.3 is 5.97 Å². The molecule has 0 saturated carbocycles. The first-order valence-electron chi connectivity index (χ1n) is 4.07. The van der Waals surface area contributed by atoms with Crippen molar-refractivity contribution in [2.45, 2.75) is 12.5 Å². The third kappa shape index (κ3) is 3.35. The number of carboxylic acids is 1. The summed E-state index contributed by atoms with van der Waals surface area (Å²) in [7, 11) is 0. The van der Waals surface area contributed by atoms with Gasteiger partial charge in [-0.2, -0.15) is 13.5 Å². The molecule has 0 aliphatic rings. The number of phenols is 1. The van der Waals surface area contributed by atoms with Crippen LogP contribution in [0.4, 0.5) is 8.78 Å². The maximum atomic E-state index is 13.1. The number of benzene rings is 1. The van der Waals surface area contributed by atoms with E-state index in [0.717, 1.165) is 0 Å². The lowest BCUT2D eigenvalue weighted by Gasteiger charge is -2.08. The summed E-state index contributed by atoms with van der Waals surface area (Å²) in [6.45, 7) is 0. The normalized spacial score (nSPS) is 11.7. The smallest absolute Gasteiger partial charge is 0.320 e. The van der Waals surface area contributed by atoms with Gasteiger partial charge in [0.25, 0.3) is 0 Å². The van der Waals surface area contributed by atoms with E-state index in [0.29, 0.717) is 12.1 Å². The average molecular weight is 251 g/mol. The Morgan fingerprint density at radius 2 is 1.81 bits per heavy atom. The first-order chi connectivity index (χ1) is 6.91. The molecule has 0 bridgehead atoms. The Balaban J connectivity index is 0.00000225. The van der Waals surface area contributed by atoms with E-state index in [1.807, 2.05) is 0 Å². The Labute approximate surface area is 97.1 Å². The first kappa shape index (κ1) is 14.7. The zero-order valence-electron chi connectivity index (χ0n) is 8.08. The number of aliphatic carboxylic acids is 1. The van der Waals surface area contributed by atoms with Crippen LogP contribution >= 0.6 is 13.5 Å². The van der Waals surface area contributed by atoms with Crippen LogP contribution in [0.2, 0.25) is 0 Å². The summed E-state index contributed by atoms with van der Waals surface area (Å²) in [4.78, 5) is 10.4. The van der Waals surface area contributed by atoms with Gasteiger partial charge in [-0.3, -0.25) is 4.79 Å². The van der Waals surface area contributed by atoms with E-state index in [1.165, 1.54) is 0 Å². The second-order valence-corrected chi connectivity index (χ2v) is 3.04. The number of hydrogen-bond acceptors (Lipinski definition) is 3. The molecule has 7 heteroatoms. The van der Waals surface area contributed by atoms with Crippen molar-refractivity contribution < 1.29 is 23.8 Å². The monoisotopic (exact) mass is 251 g/mol. The minimum atomic E-state index is -1.38. The lowest BCUT2D eigenvalue weighted by molar-refractivity contribution is -0.138. The van der Waals surface area contributed by atoms with Gasteiger partial charge in [0.15, 0.2) is 0 Å². The predicted octanol–water partition coefficient (Wildman–Crippen LogP) is 0.738. The highest BCUT2D eigenvalue weighted by Gasteiger charge is 2.18. The molecule has 0 aliphatic carbocycles. The van der Waals surface area contributed by atoms with E-state index in [2.05, 4.69) is 0 Å². The molecule has 0 fully saturated rings. The number of aromatic hydroxyl groups is 1. The maximum Gasteiger partial charge on any atom is 0.320 e. The van der Waals surface area contributed by atoms with Gasteiger partial charge in [-0.15, -0.1) is 0 Å². The van der Waals surface area contributed by atoms with Crippen molar-refractivity contribution in [3.05, 3.63) is 29.3 Å². The van der Waals surface area contributed by atoms with Crippen LogP contribution in [0.1, 0.15) is 5.56 Å². The van der Waals surface area contributed by atoms with Crippen molar-refractivity contribution in [1.29, 1.82) is 0 Å². The molecule has 1 rings (SSSR count). The molecule has 4 N–H and O–H groups in total. The second-order valence-electron chi connectivity index (χ2n) is 3.04. The van der Waals surface area contributed by atoms with Gasteiger partial charge in [0.05, 0.1) is 0 Å². The molecule has 1 aromatic rings. The van der Waals surface area contributed by atoms with E-state index in [4.69, 9.17) is 15.9 Å². The molecule has 0 saturated heterocycles. The Morgan fingerprint density at radius 1 is 1.38 bits per heavy atom. The summed E-state index contributed by atoms with van der Waals surface area (Å²) in [6.07, 6.45) is -0.465. The highest BCUT2D eigenvalue weighted by molar-refractivity contribution is 7.59. The standard InChI is InChI=1S/C9H9F2NO3.H2S/c10-6-1-4(13)2-7(11)5(6)3-8(12)9(14)15;/h1-2,8,13H,3,12H2,(H,14,15);1H2/t8-;/m0./s1. The molecule has 90 valence electrons. The third-order valence-electron chi connectivity index (χ3n) is 1.87. The topological polar surface area (TPSA) is 83.5 Å². The lowest BCUT2D eigenvalue weighted by atomic mass is 10.1. The number of phenolic OH excluding ortho intramolecular Hbond substituents is 1. The van der Waals surface area contributed by atoms with Crippen LogP contribution in [-0.4, -0.2) is 22.2 Å². The van der Waals surface area contributed by atoms with E-state index < -0.39 is 41.4 Å². The quantitative estimate of drug-likeness (QED) is 0.739. The minimum Gasteiger partial charge on any atom is -0.508 e. The second kappa shape index (κ2) is 5.66. The zero-order chi connectivity index (χ0) is 11.6. The Bertz CT molecular complexity index is 377. The molecule has 0 spiro atoms. The first-order valence-corrected chi connectivity index (χ1v) is 4.07. The number of nitrogens with two attached hydrogens (primary N) is 1. The van der Waals surface area contributed by atoms with Crippen LogP contribution in [0.5, 0.6) is 5.75 Å². The zero-order valence-corrected chi connectivity index (χ0v) is 9.08. The summed E-state index contributed by atoms with van der Waals surface area (Å²) < 4.78 is 26.2. The number of halogens is 2. The number of hydrogen-bond donors (Lipinski definition) is 3. The molecule has 16 heavy (non-hydrogen) atoms. The molecule has 0 unspecified atom stereocenters. The molecule has 4 nitrogen and oxygen atoms in total. The lowest BCUT2D eigenvalue weighted by Crippen LogP contribution is -2.32. The van der Waals surface area contributed by atoms with Gasteiger partial charge in [0.2, 0.25) is 0 Å². The fourth-order valence-corrected chi connectivity index (χ4v) is 1.09. The molecule has 1 atom stereocenters. The third-order valence-corrected chi connectivity index (χ3v) is 1.87. The molecule has 0 aromatic heterocycles. The summed E-state index contributed by atoms with van der Waals surface area (Å²) in [5, 5.41) is 17.3. The Kier molecular flexibility index (Phi) is 5.19. The molecule has 0 amide bonds. The van der Waals surface area contributed by atoms with E-state index in [-0.39, 0.29) is 13.5 Å². The van der Waals surface area contributed by atoms with Crippen molar-refractivity contribution >= 4 is 19.5 Å². The summed E-state index contributed by atoms with van der Waals surface area (Å²) >= 11 is 0. The Morgan fingerprint density at radius 3 is 2.19 bits per heavy atom. The van der Waals surface area contributed by atoms with Crippen LogP contribution in [0.3, 0.4) is 0 Å². The number of carbonyl (C=O) groups is 1. The van der Waals surface area contributed by atoms with Gasteiger partial charge in [-0.25, -0.2) is 8.78 Å². The molecule has 1 aromatic carbocycles. The maximum absolute atomic E-state index is 13.1. The van der Waals surface area contributed by atoms with Crippen molar-refractivity contribution in [3.8, 4) is 5.75 Å². The number of rotatable bonds is 3. The van der Waals surface area contributed by atoms with Crippen molar-refractivity contribution in [2.75, 3.05) is 0 Å². The SMILES string of the molecule is N[C@@H](Cc1c(F)cc(O)cc1F)C(=O)O.S. The summed E-state index contributed by atoms with van der Waals surface area (Å²) in [5.41, 5.74) is 4.69. The average Bonchev–Trinajstić information content (AvgIpc) is 2.10. The molecule has 0 radical (unpaired) electrons. The fourth-order valence-electron chi connectivity index (χ4n) is 1.09. The van der Waals surface area contributed by atoms with Crippen molar-refractivity contribution in [2.24, 2.45) is 5.73 Å². The van der Waals surface area contributed by atoms with Gasteiger partial charge in [-0.1, -0.05) is 0 Å². The molecule has 0 heterocycles. The van der Waals surface area contributed by atoms with E-state index >= 15 is 0 Å². The predicted molar refractivity (Wildman–Crippen MR) is 57.7 cm³/mol. The van der Waals surface area contributed by atoms with E-state index in [1.54, 1.807) is 0 Å². The summed E-state index contributed by atoms with van der Waals surface area (Å²) in [5.74, 6) is -3.92. The van der Waals surface area contributed by atoms with Crippen molar-refractivity contribution in [3.63, 3.8) is 0 Å². The van der Waals surface area contributed by atoms with Crippen LogP contribution in [0, 0.1) is 11.6 Å². The molecule has 0 aliphatic heterocycles.